The Balaban J connectivity index is 1.69. The normalized spacial score (nSPS) is 15.1. The Morgan fingerprint density at radius 2 is 1.81 bits per heavy atom. The number of methoxy groups -OCH3 is 1. The monoisotopic (exact) mass is 446 g/mol. The molecule has 1 saturated heterocycles. The second-order valence-corrected chi connectivity index (χ2v) is 9.69. The van der Waals surface area contributed by atoms with E-state index in [4.69, 9.17) is 9.47 Å². The van der Waals surface area contributed by atoms with Crippen molar-refractivity contribution in [3.05, 3.63) is 59.2 Å². The molecule has 1 aliphatic heterocycles. The SMILES string of the molecule is COc1ccc(C(=O)NCCc2ccc(C(C)C)cc2)cc1S(=O)(=O)N1CCOCC1. The molecule has 3 rings (SSSR count). The van der Waals surface area contributed by atoms with Crippen molar-refractivity contribution in [1.82, 2.24) is 9.62 Å². The van der Waals surface area contributed by atoms with Gasteiger partial charge in [-0.3, -0.25) is 4.79 Å². The zero-order valence-electron chi connectivity index (χ0n) is 18.3. The van der Waals surface area contributed by atoms with Gasteiger partial charge in [0.25, 0.3) is 5.91 Å². The first kappa shape index (κ1) is 23.2. The molecule has 1 fully saturated rings. The van der Waals surface area contributed by atoms with E-state index in [1.807, 2.05) is 0 Å². The lowest BCUT2D eigenvalue weighted by molar-refractivity contribution is 0.0729. The lowest BCUT2D eigenvalue weighted by Crippen LogP contribution is -2.40. The maximum atomic E-state index is 13.1. The Labute approximate surface area is 184 Å². The molecule has 31 heavy (non-hydrogen) atoms. The number of sulfonamides is 1. The summed E-state index contributed by atoms with van der Waals surface area (Å²) in [6, 6.07) is 12.8. The van der Waals surface area contributed by atoms with Gasteiger partial charge in [0.2, 0.25) is 10.0 Å². The van der Waals surface area contributed by atoms with Gasteiger partial charge in [-0.2, -0.15) is 4.31 Å². The number of hydrogen-bond donors (Lipinski definition) is 1. The van der Waals surface area contributed by atoms with E-state index in [0.29, 0.717) is 32.1 Å². The molecular formula is C23H30N2O5S. The number of nitrogens with one attached hydrogen (secondary N) is 1. The molecule has 2 aromatic rings. The van der Waals surface area contributed by atoms with Crippen LogP contribution in [0.4, 0.5) is 0 Å². The third-order valence-corrected chi connectivity index (χ3v) is 7.28. The second kappa shape index (κ2) is 10.3. The van der Waals surface area contributed by atoms with Crippen LogP contribution in [0.15, 0.2) is 47.4 Å². The van der Waals surface area contributed by atoms with Gasteiger partial charge in [-0.25, -0.2) is 8.42 Å². The van der Waals surface area contributed by atoms with Gasteiger partial charge in [0.15, 0.2) is 0 Å². The van der Waals surface area contributed by atoms with Gasteiger partial charge >= 0.3 is 0 Å². The average molecular weight is 447 g/mol. The van der Waals surface area contributed by atoms with Crippen LogP contribution in [0.3, 0.4) is 0 Å². The summed E-state index contributed by atoms with van der Waals surface area (Å²) in [6.45, 7) is 6.00. The Morgan fingerprint density at radius 3 is 2.42 bits per heavy atom. The molecule has 0 bridgehead atoms. The summed E-state index contributed by atoms with van der Waals surface area (Å²) in [5, 5.41) is 2.87. The molecule has 1 N–H and O–H groups in total. The smallest absolute Gasteiger partial charge is 0.251 e. The second-order valence-electron chi connectivity index (χ2n) is 7.78. The van der Waals surface area contributed by atoms with E-state index in [9.17, 15) is 13.2 Å². The Morgan fingerprint density at radius 1 is 1.13 bits per heavy atom. The van der Waals surface area contributed by atoms with E-state index in [0.717, 1.165) is 5.56 Å². The molecule has 168 valence electrons. The van der Waals surface area contributed by atoms with E-state index >= 15 is 0 Å². The summed E-state index contributed by atoms with van der Waals surface area (Å²) in [5.41, 5.74) is 2.69. The third kappa shape index (κ3) is 5.64. The van der Waals surface area contributed by atoms with Gasteiger partial charge in [0.1, 0.15) is 10.6 Å². The van der Waals surface area contributed by atoms with Crippen LogP contribution in [-0.4, -0.2) is 58.6 Å². The van der Waals surface area contributed by atoms with Crippen molar-refractivity contribution in [3.8, 4) is 5.75 Å². The fourth-order valence-electron chi connectivity index (χ4n) is 3.44. The highest BCUT2D eigenvalue weighted by atomic mass is 32.2. The van der Waals surface area contributed by atoms with Crippen molar-refractivity contribution in [1.29, 1.82) is 0 Å². The molecule has 8 heteroatoms. The minimum Gasteiger partial charge on any atom is -0.495 e. The number of nitrogens with zero attached hydrogens (tertiary/aromatic N) is 1. The van der Waals surface area contributed by atoms with Crippen LogP contribution in [0.5, 0.6) is 5.75 Å². The molecule has 0 unspecified atom stereocenters. The van der Waals surface area contributed by atoms with E-state index in [1.165, 1.54) is 29.1 Å². The van der Waals surface area contributed by atoms with Crippen LogP contribution >= 0.6 is 0 Å². The maximum absolute atomic E-state index is 13.1. The summed E-state index contributed by atoms with van der Waals surface area (Å²) in [5.74, 6) is 0.375. The van der Waals surface area contributed by atoms with Gasteiger partial charge in [0, 0.05) is 25.2 Å². The van der Waals surface area contributed by atoms with Gasteiger partial charge in [-0.1, -0.05) is 38.1 Å². The van der Waals surface area contributed by atoms with Gasteiger partial charge < -0.3 is 14.8 Å². The van der Waals surface area contributed by atoms with Crippen molar-refractivity contribution in [3.63, 3.8) is 0 Å². The van der Waals surface area contributed by atoms with Crippen molar-refractivity contribution in [2.24, 2.45) is 0 Å². The number of morpholine rings is 1. The molecule has 0 aliphatic carbocycles. The highest BCUT2D eigenvalue weighted by molar-refractivity contribution is 7.89. The van der Waals surface area contributed by atoms with E-state index in [-0.39, 0.29) is 35.2 Å². The summed E-state index contributed by atoms with van der Waals surface area (Å²) >= 11 is 0. The van der Waals surface area contributed by atoms with Crippen LogP contribution in [0, 0.1) is 0 Å². The Bertz CT molecular complexity index is 997. The molecule has 1 heterocycles. The molecule has 0 spiro atoms. The van der Waals surface area contributed by atoms with Gasteiger partial charge in [0.05, 0.1) is 20.3 Å². The lowest BCUT2D eigenvalue weighted by Gasteiger charge is -2.26. The minimum atomic E-state index is -3.79. The predicted octanol–water partition coefficient (Wildman–Crippen LogP) is 2.81. The van der Waals surface area contributed by atoms with Gasteiger partial charge in [-0.05, 0) is 41.7 Å². The fraction of sp³-hybridized carbons (Fsp3) is 0.435. The highest BCUT2D eigenvalue weighted by Crippen LogP contribution is 2.28. The van der Waals surface area contributed by atoms with Crippen molar-refractivity contribution in [2.45, 2.75) is 31.1 Å². The summed E-state index contributed by atoms with van der Waals surface area (Å²) in [7, 11) is -2.37. The molecule has 1 aliphatic rings. The van der Waals surface area contributed by atoms with Crippen LogP contribution in [0.25, 0.3) is 0 Å². The number of amides is 1. The standard InChI is InChI=1S/C23H30N2O5S/c1-17(2)19-6-4-18(5-7-19)10-11-24-23(26)20-8-9-21(29-3)22(16-20)31(27,28)25-12-14-30-15-13-25/h4-9,16-17H,10-15H2,1-3H3,(H,24,26). The Hall–Kier alpha value is -2.42. The first-order valence-corrected chi connectivity index (χ1v) is 11.9. The summed E-state index contributed by atoms with van der Waals surface area (Å²) in [4.78, 5) is 12.6. The van der Waals surface area contributed by atoms with Crippen LogP contribution < -0.4 is 10.1 Å². The number of carbonyl (C=O) groups excluding carboxylic acids is 1. The molecule has 7 nitrogen and oxygen atoms in total. The van der Waals surface area contributed by atoms with Crippen LogP contribution in [0.1, 0.15) is 41.3 Å². The first-order chi connectivity index (χ1) is 14.8. The summed E-state index contributed by atoms with van der Waals surface area (Å²) < 4.78 is 38.0. The van der Waals surface area contributed by atoms with Crippen LogP contribution in [-0.2, 0) is 21.2 Å². The van der Waals surface area contributed by atoms with Crippen molar-refractivity contribution in [2.75, 3.05) is 40.0 Å². The average Bonchev–Trinajstić information content (AvgIpc) is 2.79. The minimum absolute atomic E-state index is 0.00572. The van der Waals surface area contributed by atoms with Crippen molar-refractivity contribution >= 4 is 15.9 Å². The maximum Gasteiger partial charge on any atom is 0.251 e. The molecule has 1 amide bonds. The number of ether oxygens (including phenoxy) is 2. The zero-order valence-corrected chi connectivity index (χ0v) is 19.1. The number of rotatable bonds is 8. The highest BCUT2D eigenvalue weighted by Gasteiger charge is 2.30. The lowest BCUT2D eigenvalue weighted by atomic mass is 10.0. The summed E-state index contributed by atoms with van der Waals surface area (Å²) in [6.07, 6.45) is 0.694. The number of hydrogen-bond acceptors (Lipinski definition) is 5. The number of carbonyl (C=O) groups is 1. The topological polar surface area (TPSA) is 84.9 Å². The van der Waals surface area contributed by atoms with Gasteiger partial charge in [-0.15, -0.1) is 0 Å². The van der Waals surface area contributed by atoms with E-state index in [1.54, 1.807) is 6.07 Å². The Kier molecular flexibility index (Phi) is 7.69. The zero-order chi connectivity index (χ0) is 22.4. The van der Waals surface area contributed by atoms with Crippen LogP contribution in [0.2, 0.25) is 0 Å². The van der Waals surface area contributed by atoms with Crippen molar-refractivity contribution < 1.29 is 22.7 Å². The first-order valence-electron chi connectivity index (χ1n) is 10.5. The largest absolute Gasteiger partial charge is 0.495 e. The predicted molar refractivity (Wildman–Crippen MR) is 119 cm³/mol. The molecule has 2 aromatic carbocycles. The fourth-order valence-corrected chi connectivity index (χ4v) is 5.03. The number of benzene rings is 2. The molecular weight excluding hydrogens is 416 g/mol. The molecule has 0 radical (unpaired) electrons. The molecule has 0 atom stereocenters. The van der Waals surface area contributed by atoms with E-state index < -0.39 is 10.0 Å². The van der Waals surface area contributed by atoms with E-state index in [2.05, 4.69) is 43.4 Å². The third-order valence-electron chi connectivity index (χ3n) is 5.36. The quantitative estimate of drug-likeness (QED) is 0.674. The molecule has 0 saturated carbocycles. The molecule has 0 aromatic heterocycles.